The van der Waals surface area contributed by atoms with Crippen molar-refractivity contribution in [3.63, 3.8) is 0 Å². The Balaban J connectivity index is 1.79. The van der Waals surface area contributed by atoms with E-state index in [1.54, 1.807) is 18.2 Å². The second-order valence-electron chi connectivity index (χ2n) is 6.20. The Morgan fingerprint density at radius 1 is 1.21 bits per heavy atom. The average molecular weight is 450 g/mol. The number of nitriles is 1. The summed E-state index contributed by atoms with van der Waals surface area (Å²) >= 11 is 17.3. The van der Waals surface area contributed by atoms with Crippen LogP contribution in [-0.4, -0.2) is 29.1 Å². The van der Waals surface area contributed by atoms with Crippen LogP contribution in [0.5, 0.6) is 5.75 Å². The number of amides is 1. The van der Waals surface area contributed by atoms with Crippen LogP contribution in [0.1, 0.15) is 24.8 Å². The van der Waals surface area contributed by atoms with E-state index >= 15 is 0 Å². The fraction of sp³-hybridized carbons (Fsp3) is 0.286. The fourth-order valence-corrected chi connectivity index (χ4v) is 3.24. The molecule has 5 nitrogen and oxygen atoms in total. The van der Waals surface area contributed by atoms with Gasteiger partial charge in [-0.25, -0.2) is 0 Å². The van der Waals surface area contributed by atoms with E-state index in [9.17, 15) is 4.79 Å². The van der Waals surface area contributed by atoms with Gasteiger partial charge in [-0.3, -0.25) is 4.79 Å². The Kier molecular flexibility index (Phi) is 9.72. The second-order valence-corrected chi connectivity index (χ2v) is 7.43. The van der Waals surface area contributed by atoms with Crippen LogP contribution in [0.25, 0.3) is 0 Å². The van der Waals surface area contributed by atoms with Crippen LogP contribution in [0, 0.1) is 11.3 Å². The molecule has 2 rings (SSSR count). The van der Waals surface area contributed by atoms with Crippen molar-refractivity contribution in [3.8, 4) is 11.8 Å². The zero-order chi connectivity index (χ0) is 21.1. The van der Waals surface area contributed by atoms with Gasteiger partial charge in [0.15, 0.2) is 5.11 Å². The maximum absolute atomic E-state index is 12.2. The summed E-state index contributed by atoms with van der Waals surface area (Å²) in [5.41, 5.74) is 1.05. The summed E-state index contributed by atoms with van der Waals surface area (Å²) in [4.78, 5) is 14.0. The summed E-state index contributed by atoms with van der Waals surface area (Å²) in [6.45, 7) is 1.31. The summed E-state index contributed by atoms with van der Waals surface area (Å²) in [6, 6.07) is 16.9. The molecule has 1 amide bonds. The van der Waals surface area contributed by atoms with Crippen molar-refractivity contribution in [2.45, 2.75) is 25.8 Å². The van der Waals surface area contributed by atoms with E-state index in [1.165, 1.54) is 0 Å². The SMILES string of the molecule is N#CCCN(Cc1ccccc1)C(=S)NC(=O)CCCOc1ccc(Cl)cc1Cl. The molecule has 0 aliphatic heterocycles. The molecule has 0 aromatic heterocycles. The van der Waals surface area contributed by atoms with Crippen LogP contribution in [0.4, 0.5) is 0 Å². The fourth-order valence-electron chi connectivity index (χ4n) is 2.51. The van der Waals surface area contributed by atoms with Gasteiger partial charge >= 0.3 is 0 Å². The molecule has 0 radical (unpaired) electrons. The Hall–Kier alpha value is -2.33. The highest BCUT2D eigenvalue weighted by Crippen LogP contribution is 2.27. The topological polar surface area (TPSA) is 65.4 Å². The second kappa shape index (κ2) is 12.3. The monoisotopic (exact) mass is 449 g/mol. The molecule has 0 aliphatic carbocycles. The highest BCUT2D eigenvalue weighted by atomic mass is 35.5. The number of nitrogens with zero attached hydrogens (tertiary/aromatic N) is 2. The van der Waals surface area contributed by atoms with Gasteiger partial charge in [-0.2, -0.15) is 5.26 Å². The van der Waals surface area contributed by atoms with Crippen molar-refractivity contribution in [3.05, 3.63) is 64.1 Å². The third kappa shape index (κ3) is 8.28. The molecule has 0 unspecified atom stereocenters. The van der Waals surface area contributed by atoms with E-state index in [0.29, 0.717) is 53.4 Å². The minimum Gasteiger partial charge on any atom is -0.492 e. The van der Waals surface area contributed by atoms with Gasteiger partial charge in [-0.1, -0.05) is 53.5 Å². The molecular weight excluding hydrogens is 429 g/mol. The van der Waals surface area contributed by atoms with Crippen LogP contribution >= 0.6 is 35.4 Å². The smallest absolute Gasteiger partial charge is 0.226 e. The highest BCUT2D eigenvalue weighted by molar-refractivity contribution is 7.80. The molecule has 8 heteroatoms. The summed E-state index contributed by atoms with van der Waals surface area (Å²) < 4.78 is 5.58. The number of ether oxygens (including phenoxy) is 1. The van der Waals surface area contributed by atoms with Crippen LogP contribution in [-0.2, 0) is 11.3 Å². The Morgan fingerprint density at radius 3 is 2.66 bits per heavy atom. The summed E-state index contributed by atoms with van der Waals surface area (Å²) in [7, 11) is 0. The number of carbonyl (C=O) groups excluding carboxylic acids is 1. The van der Waals surface area contributed by atoms with E-state index in [4.69, 9.17) is 45.4 Å². The summed E-state index contributed by atoms with van der Waals surface area (Å²) in [5, 5.41) is 12.9. The van der Waals surface area contributed by atoms with E-state index in [-0.39, 0.29) is 12.3 Å². The van der Waals surface area contributed by atoms with Gasteiger partial charge in [-0.05, 0) is 42.4 Å². The van der Waals surface area contributed by atoms with Crippen LogP contribution < -0.4 is 10.1 Å². The van der Waals surface area contributed by atoms with Gasteiger partial charge in [-0.15, -0.1) is 0 Å². The molecule has 0 heterocycles. The maximum atomic E-state index is 12.2. The van der Waals surface area contributed by atoms with Gasteiger partial charge in [0.2, 0.25) is 5.91 Å². The average Bonchev–Trinajstić information content (AvgIpc) is 2.70. The van der Waals surface area contributed by atoms with E-state index < -0.39 is 0 Å². The van der Waals surface area contributed by atoms with Crippen molar-refractivity contribution in [2.24, 2.45) is 0 Å². The molecule has 0 aliphatic rings. The lowest BCUT2D eigenvalue weighted by molar-refractivity contribution is -0.120. The number of nitrogens with one attached hydrogen (secondary N) is 1. The number of hydrogen-bond donors (Lipinski definition) is 1. The van der Waals surface area contributed by atoms with Crippen molar-refractivity contribution in [2.75, 3.05) is 13.2 Å². The van der Waals surface area contributed by atoms with Crippen LogP contribution in [0.3, 0.4) is 0 Å². The first-order valence-electron chi connectivity index (χ1n) is 9.07. The van der Waals surface area contributed by atoms with E-state index in [2.05, 4.69) is 11.4 Å². The molecule has 152 valence electrons. The molecule has 0 saturated carbocycles. The molecule has 2 aromatic carbocycles. The van der Waals surface area contributed by atoms with Gasteiger partial charge in [0.05, 0.1) is 24.1 Å². The molecular formula is C21H21Cl2N3O2S. The Labute approximate surface area is 186 Å². The van der Waals surface area contributed by atoms with Gasteiger partial charge < -0.3 is 15.0 Å². The lowest BCUT2D eigenvalue weighted by atomic mass is 10.2. The van der Waals surface area contributed by atoms with Crippen LogP contribution in [0.2, 0.25) is 10.0 Å². The van der Waals surface area contributed by atoms with Gasteiger partial charge in [0.1, 0.15) is 5.75 Å². The summed E-state index contributed by atoms with van der Waals surface area (Å²) in [5.74, 6) is 0.327. The number of halogens is 2. The van der Waals surface area contributed by atoms with Crippen molar-refractivity contribution in [1.29, 1.82) is 5.26 Å². The first-order chi connectivity index (χ1) is 14.0. The van der Waals surface area contributed by atoms with Gasteiger partial charge in [0, 0.05) is 24.5 Å². The Morgan fingerprint density at radius 2 is 1.97 bits per heavy atom. The third-order valence-electron chi connectivity index (χ3n) is 3.94. The molecule has 0 atom stereocenters. The number of hydrogen-bond acceptors (Lipinski definition) is 4. The minimum atomic E-state index is -0.198. The molecule has 0 saturated heterocycles. The van der Waals surface area contributed by atoms with Crippen molar-refractivity contribution >= 4 is 46.4 Å². The largest absolute Gasteiger partial charge is 0.492 e. The molecule has 0 bridgehead atoms. The van der Waals surface area contributed by atoms with E-state index in [1.807, 2.05) is 35.2 Å². The molecule has 0 fully saturated rings. The first-order valence-corrected chi connectivity index (χ1v) is 10.2. The number of carbonyl (C=O) groups is 1. The standard InChI is InChI=1S/C21H21Cl2N3O2S/c22-17-9-10-19(18(23)14-17)28-13-4-8-20(27)25-21(29)26(12-5-11-24)15-16-6-2-1-3-7-16/h1-3,6-7,9-10,14H,4-5,8,12-13,15H2,(H,25,27,29). The summed E-state index contributed by atoms with van der Waals surface area (Å²) in [6.07, 6.45) is 1.07. The number of rotatable bonds is 9. The maximum Gasteiger partial charge on any atom is 0.226 e. The zero-order valence-corrected chi connectivity index (χ0v) is 18.1. The molecule has 2 aromatic rings. The molecule has 1 N–H and O–H groups in total. The van der Waals surface area contributed by atoms with Crippen LogP contribution in [0.15, 0.2) is 48.5 Å². The number of thiocarbonyl (C=S) groups is 1. The Bertz CT molecular complexity index is 872. The first kappa shape index (κ1) is 23.0. The minimum absolute atomic E-state index is 0.198. The lowest BCUT2D eigenvalue weighted by Crippen LogP contribution is -2.42. The number of benzene rings is 2. The van der Waals surface area contributed by atoms with E-state index in [0.717, 1.165) is 5.56 Å². The quantitative estimate of drug-likeness (QED) is 0.432. The lowest BCUT2D eigenvalue weighted by Gasteiger charge is -2.24. The third-order valence-corrected chi connectivity index (χ3v) is 4.83. The molecule has 0 spiro atoms. The van der Waals surface area contributed by atoms with Crippen molar-refractivity contribution < 1.29 is 9.53 Å². The molecule has 29 heavy (non-hydrogen) atoms. The predicted molar refractivity (Wildman–Crippen MR) is 119 cm³/mol. The normalized spacial score (nSPS) is 10.1. The highest BCUT2D eigenvalue weighted by Gasteiger charge is 2.13. The van der Waals surface area contributed by atoms with Crippen molar-refractivity contribution in [1.82, 2.24) is 10.2 Å². The van der Waals surface area contributed by atoms with Gasteiger partial charge in [0.25, 0.3) is 0 Å². The predicted octanol–water partition coefficient (Wildman–Crippen LogP) is 4.97. The zero-order valence-electron chi connectivity index (χ0n) is 15.7.